The van der Waals surface area contributed by atoms with Gasteiger partial charge in [-0.2, -0.15) is 0 Å². The third-order valence-electron chi connectivity index (χ3n) is 4.70. The van der Waals surface area contributed by atoms with Crippen LogP contribution >= 0.6 is 0 Å². The Hall–Kier alpha value is -2.86. The summed E-state index contributed by atoms with van der Waals surface area (Å²) in [5.41, 5.74) is 1.79. The van der Waals surface area contributed by atoms with Gasteiger partial charge in [-0.25, -0.2) is 4.39 Å². The monoisotopic (exact) mass is 370 g/mol. The number of nitrogens with one attached hydrogen (secondary N) is 1. The predicted octanol–water partition coefficient (Wildman–Crippen LogP) is 3.92. The zero-order valence-electron chi connectivity index (χ0n) is 15.9. The lowest BCUT2D eigenvalue weighted by molar-refractivity contribution is 0.0915. The predicted molar refractivity (Wildman–Crippen MR) is 103 cm³/mol. The van der Waals surface area contributed by atoms with E-state index < -0.39 is 5.82 Å². The Balaban J connectivity index is 1.78. The van der Waals surface area contributed by atoms with E-state index in [4.69, 9.17) is 9.15 Å². The molecule has 1 atom stereocenters. The molecule has 1 aromatic heterocycles. The highest BCUT2D eigenvalue weighted by Crippen LogP contribution is 2.27. The number of halogens is 1. The Morgan fingerprint density at radius 3 is 2.52 bits per heavy atom. The van der Waals surface area contributed by atoms with Gasteiger partial charge in [-0.15, -0.1) is 0 Å². The minimum absolute atomic E-state index is 0.0266. The number of aryl methyl sites for hydroxylation is 1. The van der Waals surface area contributed by atoms with Crippen molar-refractivity contribution in [1.29, 1.82) is 0 Å². The van der Waals surface area contributed by atoms with Crippen LogP contribution in [0.1, 0.15) is 27.7 Å². The third kappa shape index (κ3) is 3.80. The largest absolute Gasteiger partial charge is 0.497 e. The van der Waals surface area contributed by atoms with Gasteiger partial charge in [-0.1, -0.05) is 24.3 Å². The molecule has 0 unspecified atom stereocenters. The molecule has 0 saturated heterocycles. The minimum Gasteiger partial charge on any atom is -0.497 e. The molecule has 0 aliphatic rings. The van der Waals surface area contributed by atoms with Gasteiger partial charge in [0.25, 0.3) is 5.91 Å². The van der Waals surface area contributed by atoms with Crippen LogP contribution in [0.15, 0.2) is 46.9 Å². The molecule has 2 aromatic carbocycles. The van der Waals surface area contributed by atoms with Crippen LogP contribution in [0.25, 0.3) is 11.0 Å². The van der Waals surface area contributed by atoms with Crippen LogP contribution in [0, 0.1) is 12.7 Å². The van der Waals surface area contributed by atoms with Crippen molar-refractivity contribution in [3.8, 4) is 5.75 Å². The van der Waals surface area contributed by atoms with Gasteiger partial charge in [-0.05, 0) is 44.8 Å². The van der Waals surface area contributed by atoms with Gasteiger partial charge >= 0.3 is 0 Å². The number of fused-ring (bicyclic) bond motifs is 1. The van der Waals surface area contributed by atoms with Gasteiger partial charge in [-0.3, -0.25) is 4.79 Å². The molecule has 142 valence electrons. The first-order valence-electron chi connectivity index (χ1n) is 8.68. The molecule has 0 aliphatic heterocycles. The summed E-state index contributed by atoms with van der Waals surface area (Å²) < 4.78 is 24.6. The van der Waals surface area contributed by atoms with E-state index in [1.54, 1.807) is 26.2 Å². The number of hydrogen-bond acceptors (Lipinski definition) is 4. The maximum absolute atomic E-state index is 13.9. The highest BCUT2D eigenvalue weighted by molar-refractivity contribution is 5.99. The van der Waals surface area contributed by atoms with Gasteiger partial charge < -0.3 is 19.4 Å². The summed E-state index contributed by atoms with van der Waals surface area (Å²) in [6.07, 6.45) is 0. The maximum Gasteiger partial charge on any atom is 0.287 e. The molecule has 0 bridgehead atoms. The van der Waals surface area contributed by atoms with Crippen LogP contribution in [0.3, 0.4) is 0 Å². The Labute approximate surface area is 157 Å². The molecular weight excluding hydrogens is 347 g/mol. The number of methoxy groups -OCH3 is 1. The van der Waals surface area contributed by atoms with Gasteiger partial charge in [0.2, 0.25) is 0 Å². The Bertz CT molecular complexity index is 948. The number of para-hydroxylation sites is 1. The first-order valence-corrected chi connectivity index (χ1v) is 8.68. The van der Waals surface area contributed by atoms with Crippen LogP contribution in [0.5, 0.6) is 5.75 Å². The van der Waals surface area contributed by atoms with Crippen molar-refractivity contribution in [3.63, 3.8) is 0 Å². The summed E-state index contributed by atoms with van der Waals surface area (Å²) in [4.78, 5) is 14.7. The Morgan fingerprint density at radius 1 is 1.22 bits per heavy atom. The summed E-state index contributed by atoms with van der Waals surface area (Å²) in [5, 5.41) is 3.51. The smallest absolute Gasteiger partial charge is 0.287 e. The van der Waals surface area contributed by atoms with Crippen molar-refractivity contribution >= 4 is 16.9 Å². The molecule has 3 rings (SSSR count). The first kappa shape index (κ1) is 18.9. The molecule has 0 aliphatic carbocycles. The molecule has 1 amide bonds. The summed E-state index contributed by atoms with van der Waals surface area (Å²) >= 11 is 0. The van der Waals surface area contributed by atoms with E-state index in [0.717, 1.165) is 11.3 Å². The van der Waals surface area contributed by atoms with Gasteiger partial charge in [0.1, 0.15) is 5.75 Å². The lowest BCUT2D eigenvalue weighted by Gasteiger charge is -2.25. The number of carbonyl (C=O) groups excluding carboxylic acids is 1. The number of benzene rings is 2. The quantitative estimate of drug-likeness (QED) is 0.715. The Morgan fingerprint density at radius 2 is 1.93 bits per heavy atom. The second kappa shape index (κ2) is 7.80. The maximum atomic E-state index is 13.9. The average Bonchev–Trinajstić information content (AvgIpc) is 3.00. The fourth-order valence-corrected chi connectivity index (χ4v) is 3.12. The number of hydrogen-bond donors (Lipinski definition) is 1. The number of ether oxygens (including phenoxy) is 1. The lowest BCUT2D eigenvalue weighted by Crippen LogP contribution is -2.34. The molecule has 1 heterocycles. The highest BCUT2D eigenvalue weighted by Gasteiger charge is 2.21. The van der Waals surface area contributed by atoms with Crippen LogP contribution in [-0.4, -0.2) is 38.6 Å². The normalized spacial score (nSPS) is 12.4. The second-order valence-electron chi connectivity index (χ2n) is 6.64. The topological polar surface area (TPSA) is 54.7 Å². The summed E-state index contributed by atoms with van der Waals surface area (Å²) in [6.45, 7) is 2.14. The molecule has 0 radical (unpaired) electrons. The molecule has 0 fully saturated rings. The van der Waals surface area contributed by atoms with Crippen molar-refractivity contribution in [1.82, 2.24) is 10.2 Å². The minimum atomic E-state index is -0.473. The van der Waals surface area contributed by atoms with Crippen molar-refractivity contribution in [2.75, 3.05) is 27.7 Å². The second-order valence-corrected chi connectivity index (χ2v) is 6.64. The van der Waals surface area contributed by atoms with E-state index in [9.17, 15) is 9.18 Å². The number of amides is 1. The molecule has 5 nitrogen and oxygen atoms in total. The number of likely N-dealkylation sites (N-methyl/N-ethyl adjacent to an activating group) is 1. The Kier molecular flexibility index (Phi) is 5.46. The molecule has 27 heavy (non-hydrogen) atoms. The van der Waals surface area contributed by atoms with Crippen molar-refractivity contribution < 1.29 is 18.3 Å². The van der Waals surface area contributed by atoms with Gasteiger partial charge in [0, 0.05) is 17.5 Å². The van der Waals surface area contributed by atoms with Crippen LogP contribution in [0.2, 0.25) is 0 Å². The molecule has 0 spiro atoms. The zero-order valence-corrected chi connectivity index (χ0v) is 15.9. The first-order chi connectivity index (χ1) is 12.9. The SMILES string of the molecule is COc1ccc([C@@H](CNC(=O)c2oc3c(F)cccc3c2C)N(C)C)cc1. The highest BCUT2D eigenvalue weighted by atomic mass is 19.1. The van der Waals surface area contributed by atoms with Crippen molar-refractivity contribution in [2.24, 2.45) is 0 Å². The zero-order chi connectivity index (χ0) is 19.6. The molecule has 0 saturated carbocycles. The molecule has 6 heteroatoms. The lowest BCUT2D eigenvalue weighted by atomic mass is 10.1. The third-order valence-corrected chi connectivity index (χ3v) is 4.70. The van der Waals surface area contributed by atoms with E-state index in [-0.39, 0.29) is 23.3 Å². The van der Waals surface area contributed by atoms with E-state index in [1.165, 1.54) is 6.07 Å². The van der Waals surface area contributed by atoms with Crippen LogP contribution in [-0.2, 0) is 0 Å². The summed E-state index contributed by atoms with van der Waals surface area (Å²) in [7, 11) is 5.52. The molecule has 3 aromatic rings. The number of rotatable bonds is 6. The summed E-state index contributed by atoms with van der Waals surface area (Å²) in [5.74, 6) is 0.0880. The van der Waals surface area contributed by atoms with E-state index >= 15 is 0 Å². The molecule has 1 N–H and O–H groups in total. The number of carbonyl (C=O) groups is 1. The fraction of sp³-hybridized carbons (Fsp3) is 0.286. The van der Waals surface area contributed by atoms with Gasteiger partial charge in [0.05, 0.1) is 13.2 Å². The van der Waals surface area contributed by atoms with Crippen LogP contribution in [0.4, 0.5) is 4.39 Å². The molecular formula is C21H23FN2O3. The van der Waals surface area contributed by atoms with E-state index in [1.807, 2.05) is 43.3 Å². The summed E-state index contributed by atoms with van der Waals surface area (Å²) in [6, 6.07) is 12.4. The van der Waals surface area contributed by atoms with Crippen molar-refractivity contribution in [2.45, 2.75) is 13.0 Å². The average molecular weight is 370 g/mol. The fourth-order valence-electron chi connectivity index (χ4n) is 3.12. The van der Waals surface area contributed by atoms with Crippen LogP contribution < -0.4 is 10.1 Å². The van der Waals surface area contributed by atoms with Gasteiger partial charge in [0.15, 0.2) is 17.2 Å². The van der Waals surface area contributed by atoms with E-state index in [0.29, 0.717) is 17.5 Å². The number of nitrogens with zero attached hydrogens (tertiary/aromatic N) is 1. The van der Waals surface area contributed by atoms with Crippen molar-refractivity contribution in [3.05, 3.63) is 65.2 Å². The number of furan rings is 1. The van der Waals surface area contributed by atoms with E-state index in [2.05, 4.69) is 5.32 Å². The standard InChI is InChI=1S/C21H23FN2O3/c1-13-16-6-5-7-17(22)20(16)27-19(13)21(25)23-12-18(24(2)3)14-8-10-15(26-4)11-9-14/h5-11,18H,12H2,1-4H3,(H,23,25)/t18-/m1/s1.